The zero-order valence-corrected chi connectivity index (χ0v) is 51.3. The molecule has 6 aromatic carbocycles. The topological polar surface area (TPSA) is 6.48 Å². The van der Waals surface area contributed by atoms with E-state index in [1.807, 2.05) is 0 Å². The minimum Gasteiger partial charge on any atom is -0.342 e. The molecule has 0 unspecified atom stereocenters. The fraction of sp³-hybridized carbons (Fsp3) is 0.486. The predicted octanol–water partition coefficient (Wildman–Crippen LogP) is 19.0. The molecular formula is C74H89BN2S. The molecule has 6 aliphatic rings. The van der Waals surface area contributed by atoms with Gasteiger partial charge in [0, 0.05) is 44.2 Å². The first-order valence-electron chi connectivity index (χ1n) is 30.6. The van der Waals surface area contributed by atoms with Crippen molar-refractivity contribution in [2.75, 3.05) is 16.3 Å². The average molecular weight is 1050 g/mol. The van der Waals surface area contributed by atoms with Crippen molar-refractivity contribution in [1.82, 2.24) is 0 Å². The summed E-state index contributed by atoms with van der Waals surface area (Å²) in [7, 11) is 0. The molecule has 0 spiro atoms. The van der Waals surface area contributed by atoms with Gasteiger partial charge in [-0.3, -0.25) is 0 Å². The second-order valence-corrected chi connectivity index (χ2v) is 31.7. The van der Waals surface area contributed by atoms with E-state index in [2.05, 4.69) is 228 Å². The maximum absolute atomic E-state index is 2.89. The van der Waals surface area contributed by atoms with Crippen LogP contribution < -0.4 is 25.5 Å². The van der Waals surface area contributed by atoms with E-state index in [-0.39, 0.29) is 44.6 Å². The Labute approximate surface area is 474 Å². The zero-order chi connectivity index (χ0) is 54.9. The largest absolute Gasteiger partial charge is 0.342 e. The van der Waals surface area contributed by atoms with Gasteiger partial charge in [-0.05, 0) is 216 Å². The van der Waals surface area contributed by atoms with Crippen LogP contribution in [0.4, 0.5) is 28.4 Å². The highest BCUT2D eigenvalue weighted by Crippen LogP contribution is 2.55. The van der Waals surface area contributed by atoms with Crippen molar-refractivity contribution in [3.63, 3.8) is 0 Å². The van der Waals surface area contributed by atoms with Gasteiger partial charge in [-0.1, -0.05) is 184 Å². The molecular weight excluding hydrogens is 960 g/mol. The van der Waals surface area contributed by atoms with E-state index in [4.69, 9.17) is 0 Å². The number of rotatable bonds is 6. The van der Waals surface area contributed by atoms with Crippen LogP contribution in [0.1, 0.15) is 230 Å². The normalized spacial score (nSPS) is 21.0. The van der Waals surface area contributed by atoms with Crippen molar-refractivity contribution in [3.05, 3.63) is 153 Å². The summed E-state index contributed by atoms with van der Waals surface area (Å²) in [5.74, 6) is 0.543. The van der Waals surface area contributed by atoms with Crippen LogP contribution in [-0.4, -0.2) is 13.3 Å². The smallest absolute Gasteiger partial charge is 0.264 e. The van der Waals surface area contributed by atoms with Gasteiger partial charge in [-0.25, -0.2) is 0 Å². The summed E-state index contributed by atoms with van der Waals surface area (Å²) in [5.41, 5.74) is 27.2. The van der Waals surface area contributed by atoms with Crippen molar-refractivity contribution in [3.8, 4) is 11.1 Å². The van der Waals surface area contributed by atoms with E-state index < -0.39 is 0 Å². The Hall–Kier alpha value is -5.06. The summed E-state index contributed by atoms with van der Waals surface area (Å²) in [4.78, 5) is 5.69. The quantitative estimate of drug-likeness (QED) is 0.153. The van der Waals surface area contributed by atoms with Gasteiger partial charge in [-0.2, -0.15) is 0 Å². The van der Waals surface area contributed by atoms with Crippen LogP contribution in [0.25, 0.3) is 21.2 Å². The maximum atomic E-state index is 2.89. The van der Waals surface area contributed by atoms with Crippen molar-refractivity contribution < 1.29 is 0 Å². The van der Waals surface area contributed by atoms with Crippen LogP contribution in [0.3, 0.4) is 0 Å². The molecule has 404 valence electrons. The van der Waals surface area contributed by atoms with E-state index in [1.165, 1.54) is 153 Å². The number of fused-ring (bicyclic) bond motifs is 9. The van der Waals surface area contributed by atoms with E-state index in [0.717, 1.165) is 13.0 Å². The molecule has 0 bridgehead atoms. The molecule has 78 heavy (non-hydrogen) atoms. The van der Waals surface area contributed by atoms with E-state index in [1.54, 1.807) is 33.4 Å². The highest BCUT2D eigenvalue weighted by atomic mass is 32.1. The fourth-order valence-electron chi connectivity index (χ4n) is 16.0. The van der Waals surface area contributed by atoms with E-state index in [0.29, 0.717) is 5.92 Å². The Bertz CT molecular complexity index is 3550. The number of anilines is 5. The van der Waals surface area contributed by atoms with Crippen LogP contribution in [0.5, 0.6) is 0 Å². The third-order valence-corrected chi connectivity index (χ3v) is 22.8. The molecule has 2 nitrogen and oxygen atoms in total. The van der Waals surface area contributed by atoms with Gasteiger partial charge in [0.15, 0.2) is 0 Å². The van der Waals surface area contributed by atoms with E-state index >= 15 is 0 Å². The monoisotopic (exact) mass is 1050 g/mol. The maximum Gasteiger partial charge on any atom is 0.264 e. The highest BCUT2D eigenvalue weighted by Gasteiger charge is 2.49. The van der Waals surface area contributed by atoms with Crippen molar-refractivity contribution in [2.45, 2.75) is 225 Å². The molecule has 1 saturated carbocycles. The van der Waals surface area contributed by atoms with Crippen molar-refractivity contribution >= 4 is 72.3 Å². The Morgan fingerprint density at radius 2 is 1.06 bits per heavy atom. The SMILES string of the molecule is CC(C)(C)c1ccc(N2c3cc(C4CCCCC4)cc4c3B(c3cc5c(cc3N4CCc3cc4c(cc3-c3ccccc3)C(C)(C)CCC4(C)C)C(C)(C)CCC5(C)C)c3sc4cc5c(cc4c32)C(C)(C)CCC5(C)C)cc1. The molecule has 0 atom stereocenters. The van der Waals surface area contributed by atoms with Gasteiger partial charge in [0.25, 0.3) is 6.71 Å². The lowest BCUT2D eigenvalue weighted by Gasteiger charge is -2.47. The summed E-state index contributed by atoms with van der Waals surface area (Å²) in [5, 5.41) is 1.44. The molecule has 0 amide bonds. The Kier molecular flexibility index (Phi) is 11.9. The molecule has 13 rings (SSSR count). The molecule has 0 N–H and O–H groups in total. The van der Waals surface area contributed by atoms with Crippen LogP contribution in [0.2, 0.25) is 0 Å². The Morgan fingerprint density at radius 3 is 1.65 bits per heavy atom. The number of nitrogens with zero attached hydrogens (tertiary/aromatic N) is 2. The number of hydrogen-bond donors (Lipinski definition) is 0. The summed E-state index contributed by atoms with van der Waals surface area (Å²) in [6, 6.07) is 42.9. The Morgan fingerprint density at radius 1 is 0.538 bits per heavy atom. The van der Waals surface area contributed by atoms with Crippen LogP contribution in [0.15, 0.2) is 103 Å². The van der Waals surface area contributed by atoms with Gasteiger partial charge in [0.1, 0.15) is 0 Å². The molecule has 2 aliphatic heterocycles. The second-order valence-electron chi connectivity index (χ2n) is 30.7. The summed E-state index contributed by atoms with van der Waals surface area (Å²) in [6.45, 7) is 38.3. The summed E-state index contributed by atoms with van der Waals surface area (Å²) < 4.78 is 2.96. The average Bonchev–Trinajstić information content (AvgIpc) is 3.78. The molecule has 1 fully saturated rings. The summed E-state index contributed by atoms with van der Waals surface area (Å²) in [6.07, 6.45) is 14.7. The first-order valence-corrected chi connectivity index (χ1v) is 31.5. The lowest BCUT2D eigenvalue weighted by molar-refractivity contribution is 0.331. The number of thiophene rings is 1. The lowest BCUT2D eigenvalue weighted by Crippen LogP contribution is -2.61. The van der Waals surface area contributed by atoms with Gasteiger partial charge < -0.3 is 9.80 Å². The number of hydrogen-bond acceptors (Lipinski definition) is 3. The standard InChI is InChI=1S/C74H89BN2S/c1-68(2,3)50-26-28-51(29-27-50)77-63-40-49(46-22-18-16-19-23-46)39-62-65(63)75(67-66(77)53-42-56-59(45-64(53)78-67)74(14,15)36-33-71(56,8)9)60-43-57-58(73(12,13)35-34-72(57,10)11)44-61(60)76(62)37-30-48-38-54-55(70(6,7)32-31-69(54,4)5)41-52(48)47-24-20-17-21-25-47/h17,20-21,24-29,38-46H,16,18-19,22-23,30-37H2,1-15H3. The van der Waals surface area contributed by atoms with Gasteiger partial charge in [-0.15, -0.1) is 11.3 Å². The molecule has 7 aromatic rings. The van der Waals surface area contributed by atoms with Crippen molar-refractivity contribution in [2.24, 2.45) is 0 Å². The number of benzene rings is 6. The molecule has 3 heterocycles. The minimum absolute atomic E-state index is 0.0549. The van der Waals surface area contributed by atoms with Crippen molar-refractivity contribution in [1.29, 1.82) is 0 Å². The highest BCUT2D eigenvalue weighted by molar-refractivity contribution is 7.33. The molecule has 0 radical (unpaired) electrons. The molecule has 4 heteroatoms. The Balaban J connectivity index is 1.11. The summed E-state index contributed by atoms with van der Waals surface area (Å²) >= 11 is 2.11. The molecule has 4 aliphatic carbocycles. The first kappa shape index (κ1) is 52.3. The second kappa shape index (κ2) is 17.7. The molecule has 1 aromatic heterocycles. The lowest BCUT2D eigenvalue weighted by atomic mass is 9.35. The van der Waals surface area contributed by atoms with Crippen LogP contribution >= 0.6 is 11.3 Å². The first-order chi connectivity index (χ1) is 36.7. The predicted molar refractivity (Wildman–Crippen MR) is 341 cm³/mol. The molecule has 0 saturated heterocycles. The third-order valence-electron chi connectivity index (χ3n) is 21.6. The van der Waals surface area contributed by atoms with Gasteiger partial charge >= 0.3 is 0 Å². The minimum atomic E-state index is 0.0549. The van der Waals surface area contributed by atoms with Crippen LogP contribution in [0, 0.1) is 0 Å². The van der Waals surface area contributed by atoms with Gasteiger partial charge in [0.05, 0.1) is 5.69 Å². The van der Waals surface area contributed by atoms with Gasteiger partial charge in [0.2, 0.25) is 0 Å². The zero-order valence-electron chi connectivity index (χ0n) is 50.5. The van der Waals surface area contributed by atoms with E-state index in [9.17, 15) is 0 Å². The third kappa shape index (κ3) is 8.26. The fourth-order valence-corrected chi connectivity index (χ4v) is 17.3. The van der Waals surface area contributed by atoms with Crippen LogP contribution in [-0.2, 0) is 44.3 Å².